The first-order valence-electron chi connectivity index (χ1n) is 1.25. The zero-order chi connectivity index (χ0) is 4.99. The van der Waals surface area contributed by atoms with Gasteiger partial charge in [-0.1, -0.05) is 0 Å². The number of nitrogens with zero attached hydrogens (tertiary/aromatic N) is 1. The highest BCUT2D eigenvalue weighted by molar-refractivity contribution is 7.88. The maximum absolute atomic E-state index is 9.82. The van der Waals surface area contributed by atoms with Gasteiger partial charge in [-0.15, -0.1) is 4.72 Å². The highest BCUT2D eigenvalue weighted by atomic mass is 32.2. The lowest BCUT2D eigenvalue weighted by atomic mass is 11.5. The van der Waals surface area contributed by atoms with Crippen molar-refractivity contribution in [3.63, 3.8) is 0 Å². The zero-order valence-electron chi connectivity index (χ0n) is 3.26. The molecule has 0 aliphatic heterocycles. The first-order chi connectivity index (χ1) is 2.77. The van der Waals surface area contributed by atoms with Crippen LogP contribution in [-0.4, -0.2) is 10.8 Å². The molecular weight excluding hydrogens is 100 g/mol. The third-order valence-electron chi connectivity index (χ3n) is 0.189. The molecule has 0 bridgehead atoms. The van der Waals surface area contributed by atoms with E-state index in [1.54, 1.807) is 0 Å². The molecule has 1 atom stereocenters. The third kappa shape index (κ3) is 3.60. The smallest absolute Gasteiger partial charge is 0.222 e. The summed E-state index contributed by atoms with van der Waals surface area (Å²) in [5.74, 6) is 0. The predicted octanol–water partition coefficient (Wildman–Crippen LogP) is -0.649. The van der Waals surface area contributed by atoms with Crippen molar-refractivity contribution in [3.8, 4) is 6.19 Å². The van der Waals surface area contributed by atoms with Crippen LogP contribution >= 0.6 is 0 Å². The van der Waals surface area contributed by atoms with Crippen LogP contribution in [-0.2, 0) is 11.4 Å². The Morgan fingerprint density at radius 3 is 2.50 bits per heavy atom. The van der Waals surface area contributed by atoms with Crippen LogP contribution < -0.4 is 4.72 Å². The van der Waals surface area contributed by atoms with E-state index in [9.17, 15) is 4.55 Å². The molecule has 0 aliphatic carbocycles. The van der Waals surface area contributed by atoms with E-state index in [1.807, 2.05) is 4.72 Å². The summed E-state index contributed by atoms with van der Waals surface area (Å²) in [4.78, 5) is 0. The lowest BCUT2D eigenvalue weighted by Crippen LogP contribution is -2.14. The number of nitrogens with one attached hydrogen (secondary N) is 1. The van der Waals surface area contributed by atoms with Crippen molar-refractivity contribution in [1.82, 2.24) is 4.72 Å². The van der Waals surface area contributed by atoms with Gasteiger partial charge in [0.25, 0.3) is 0 Å². The summed E-state index contributed by atoms with van der Waals surface area (Å²) in [6, 6.07) is 0. The van der Waals surface area contributed by atoms with Gasteiger partial charge in [-0.25, -0.2) is 0 Å². The minimum Gasteiger partial charge on any atom is -0.593 e. The molecule has 34 valence electrons. The van der Waals surface area contributed by atoms with Crippen molar-refractivity contribution in [2.75, 3.05) is 6.26 Å². The molecule has 0 saturated heterocycles. The molecule has 0 rings (SSSR count). The molecule has 0 saturated carbocycles. The van der Waals surface area contributed by atoms with Gasteiger partial charge in [0.15, 0.2) is 0 Å². The quantitative estimate of drug-likeness (QED) is 0.273. The molecule has 1 N–H and O–H groups in total. The van der Waals surface area contributed by atoms with Crippen LogP contribution in [0.25, 0.3) is 0 Å². The Morgan fingerprint density at radius 2 is 2.50 bits per heavy atom. The standard InChI is InChI=1S/C2H4N2OS/c1-6(5)4-2-3/h4H,1H3. The number of nitriles is 1. The molecular formula is C2H4N2OS. The summed E-state index contributed by atoms with van der Waals surface area (Å²) >= 11 is -1.18. The second-order valence-electron chi connectivity index (χ2n) is 0.668. The van der Waals surface area contributed by atoms with Gasteiger partial charge in [0.1, 0.15) is 6.26 Å². The largest absolute Gasteiger partial charge is 0.593 e. The lowest BCUT2D eigenvalue weighted by molar-refractivity contribution is 0.596. The second-order valence-corrected chi connectivity index (χ2v) is 1.78. The molecule has 0 heterocycles. The fraction of sp³-hybridized carbons (Fsp3) is 0.500. The molecule has 0 radical (unpaired) electrons. The Balaban J connectivity index is 2.88. The second kappa shape index (κ2) is 2.82. The summed E-state index contributed by atoms with van der Waals surface area (Å²) in [7, 11) is 0. The van der Waals surface area contributed by atoms with Crippen LogP contribution in [0.1, 0.15) is 0 Å². The SMILES string of the molecule is C[S+]([O-])NC#N. The molecule has 4 heteroatoms. The minimum atomic E-state index is -1.18. The molecule has 1 unspecified atom stereocenters. The summed E-state index contributed by atoms with van der Waals surface area (Å²) in [6.07, 6.45) is 2.91. The summed E-state index contributed by atoms with van der Waals surface area (Å²) in [6.45, 7) is 0. The van der Waals surface area contributed by atoms with Crippen LogP contribution in [0, 0.1) is 11.5 Å². The van der Waals surface area contributed by atoms with Gasteiger partial charge in [0, 0.05) is 0 Å². The van der Waals surface area contributed by atoms with E-state index in [0.29, 0.717) is 0 Å². The van der Waals surface area contributed by atoms with Gasteiger partial charge in [-0.3, -0.25) is 0 Å². The Morgan fingerprint density at radius 1 is 2.00 bits per heavy atom. The summed E-state index contributed by atoms with van der Waals surface area (Å²) < 4.78 is 11.8. The monoisotopic (exact) mass is 104 g/mol. The Labute approximate surface area is 39.3 Å². The topological polar surface area (TPSA) is 58.9 Å². The van der Waals surface area contributed by atoms with Crippen molar-refractivity contribution in [3.05, 3.63) is 0 Å². The van der Waals surface area contributed by atoms with E-state index in [2.05, 4.69) is 0 Å². The Kier molecular flexibility index (Phi) is 2.63. The van der Waals surface area contributed by atoms with E-state index in [1.165, 1.54) is 12.4 Å². The fourth-order valence-electron chi connectivity index (χ4n) is 0.0643. The number of rotatable bonds is 1. The first-order valence-corrected chi connectivity index (χ1v) is 2.81. The average molecular weight is 104 g/mol. The molecule has 0 fully saturated rings. The van der Waals surface area contributed by atoms with Crippen LogP contribution in [0.4, 0.5) is 0 Å². The lowest BCUT2D eigenvalue weighted by Gasteiger charge is -1.93. The van der Waals surface area contributed by atoms with Crippen molar-refractivity contribution < 1.29 is 4.55 Å². The normalized spacial score (nSPS) is 12.2. The minimum absolute atomic E-state index is 1.18. The molecule has 0 aromatic carbocycles. The Bertz CT molecular complexity index is 66.4. The molecule has 0 spiro atoms. The van der Waals surface area contributed by atoms with E-state index in [0.717, 1.165) is 0 Å². The average Bonchev–Trinajstić information content (AvgIpc) is 1.35. The third-order valence-corrected chi connectivity index (χ3v) is 0.568. The van der Waals surface area contributed by atoms with E-state index >= 15 is 0 Å². The first kappa shape index (κ1) is 5.60. The van der Waals surface area contributed by atoms with Crippen molar-refractivity contribution in [2.24, 2.45) is 0 Å². The highest BCUT2D eigenvalue weighted by Crippen LogP contribution is 1.65. The van der Waals surface area contributed by atoms with Crippen LogP contribution in [0.15, 0.2) is 0 Å². The van der Waals surface area contributed by atoms with Gasteiger partial charge in [0.2, 0.25) is 6.19 Å². The Hall–Kier alpha value is -0.400. The van der Waals surface area contributed by atoms with Crippen LogP contribution in [0.2, 0.25) is 0 Å². The van der Waals surface area contributed by atoms with Gasteiger partial charge in [-0.2, -0.15) is 5.26 Å². The predicted molar refractivity (Wildman–Crippen MR) is 22.8 cm³/mol. The molecule has 0 aliphatic rings. The van der Waals surface area contributed by atoms with Crippen molar-refractivity contribution in [2.45, 2.75) is 0 Å². The zero-order valence-corrected chi connectivity index (χ0v) is 4.08. The van der Waals surface area contributed by atoms with Crippen molar-refractivity contribution >= 4 is 11.4 Å². The van der Waals surface area contributed by atoms with Crippen LogP contribution in [0.5, 0.6) is 0 Å². The van der Waals surface area contributed by atoms with Gasteiger partial charge >= 0.3 is 0 Å². The van der Waals surface area contributed by atoms with Crippen LogP contribution in [0.3, 0.4) is 0 Å². The molecule has 0 amide bonds. The molecule has 3 nitrogen and oxygen atoms in total. The highest BCUT2D eigenvalue weighted by Gasteiger charge is 1.84. The summed E-state index contributed by atoms with van der Waals surface area (Å²) in [5, 5.41) is 7.68. The number of hydrogen-bond acceptors (Lipinski definition) is 3. The summed E-state index contributed by atoms with van der Waals surface area (Å²) in [5.41, 5.74) is 0. The van der Waals surface area contributed by atoms with Gasteiger partial charge in [-0.05, 0) is 0 Å². The fourth-order valence-corrected chi connectivity index (χ4v) is 0.193. The van der Waals surface area contributed by atoms with E-state index in [4.69, 9.17) is 5.26 Å². The van der Waals surface area contributed by atoms with E-state index < -0.39 is 11.4 Å². The van der Waals surface area contributed by atoms with Gasteiger partial charge < -0.3 is 4.55 Å². The maximum Gasteiger partial charge on any atom is 0.222 e. The molecule has 0 aromatic heterocycles. The number of hydrogen-bond donors (Lipinski definition) is 1. The van der Waals surface area contributed by atoms with Gasteiger partial charge in [0.05, 0.1) is 11.4 Å². The molecule has 0 aromatic rings. The molecule has 6 heavy (non-hydrogen) atoms. The van der Waals surface area contributed by atoms with E-state index in [-0.39, 0.29) is 0 Å². The van der Waals surface area contributed by atoms with Crippen molar-refractivity contribution in [1.29, 1.82) is 5.26 Å². The maximum atomic E-state index is 9.82.